The van der Waals surface area contributed by atoms with Crippen LogP contribution in [0.15, 0.2) is 24.3 Å². The Labute approximate surface area is 119 Å². The summed E-state index contributed by atoms with van der Waals surface area (Å²) in [6.45, 7) is 3.82. The van der Waals surface area contributed by atoms with Crippen LogP contribution in [0.2, 0.25) is 0 Å². The Hall–Kier alpha value is -1.14. The first-order valence-corrected chi connectivity index (χ1v) is 8.77. The van der Waals surface area contributed by atoms with Gasteiger partial charge < -0.3 is 10.2 Å². The van der Waals surface area contributed by atoms with E-state index in [0.29, 0.717) is 31.7 Å². The lowest BCUT2D eigenvalue weighted by Gasteiger charge is -2.28. The first kappa shape index (κ1) is 15.3. The molecule has 1 heterocycles. The summed E-state index contributed by atoms with van der Waals surface area (Å²) in [5.41, 5.74) is 0.577. The lowest BCUT2D eigenvalue weighted by molar-refractivity contribution is 0.491. The van der Waals surface area contributed by atoms with E-state index in [1.165, 1.54) is 6.07 Å². The minimum Gasteiger partial charge on any atom is -0.369 e. The van der Waals surface area contributed by atoms with Crippen molar-refractivity contribution >= 4 is 15.5 Å². The number of nitrogens with zero attached hydrogens (tertiary/aromatic N) is 1. The van der Waals surface area contributed by atoms with Crippen LogP contribution in [-0.2, 0) is 9.84 Å². The van der Waals surface area contributed by atoms with Crippen molar-refractivity contribution < 1.29 is 12.8 Å². The molecule has 1 aliphatic heterocycles. The summed E-state index contributed by atoms with van der Waals surface area (Å²) in [5, 5.41) is 3.22. The van der Waals surface area contributed by atoms with Gasteiger partial charge in [0.1, 0.15) is 5.82 Å². The highest BCUT2D eigenvalue weighted by Gasteiger charge is 2.24. The molecule has 1 saturated heterocycles. The van der Waals surface area contributed by atoms with Crippen molar-refractivity contribution in [2.24, 2.45) is 0 Å². The Bertz CT molecular complexity index is 548. The molecule has 2 rings (SSSR count). The Balaban J connectivity index is 1.96. The molecule has 1 aromatic rings. The van der Waals surface area contributed by atoms with Crippen molar-refractivity contribution in [3.05, 3.63) is 30.1 Å². The minimum absolute atomic E-state index is 0.0328. The van der Waals surface area contributed by atoms with Crippen LogP contribution < -0.4 is 10.2 Å². The van der Waals surface area contributed by atoms with Crippen LogP contribution >= 0.6 is 0 Å². The summed E-state index contributed by atoms with van der Waals surface area (Å²) in [5.74, 6) is 0.162. The Morgan fingerprint density at radius 3 is 2.80 bits per heavy atom. The fourth-order valence-electron chi connectivity index (χ4n) is 2.52. The highest BCUT2D eigenvalue weighted by Crippen LogP contribution is 2.19. The SMILES string of the molecule is CCN(CCC1CS(=O)(=O)CCN1)c1ccccc1F. The summed E-state index contributed by atoms with van der Waals surface area (Å²) >= 11 is 0. The summed E-state index contributed by atoms with van der Waals surface area (Å²) in [4.78, 5) is 1.94. The molecule has 1 fully saturated rings. The molecular weight excluding hydrogens is 279 g/mol. The van der Waals surface area contributed by atoms with E-state index >= 15 is 0 Å². The van der Waals surface area contributed by atoms with Crippen molar-refractivity contribution in [3.63, 3.8) is 0 Å². The number of rotatable bonds is 5. The number of halogens is 1. The van der Waals surface area contributed by atoms with Gasteiger partial charge in [0.15, 0.2) is 9.84 Å². The topological polar surface area (TPSA) is 49.4 Å². The molecule has 1 atom stereocenters. The molecule has 0 aliphatic carbocycles. The van der Waals surface area contributed by atoms with Gasteiger partial charge in [0.2, 0.25) is 0 Å². The molecule has 0 amide bonds. The summed E-state index contributed by atoms with van der Waals surface area (Å²) in [7, 11) is -2.91. The molecule has 1 aliphatic rings. The van der Waals surface area contributed by atoms with Gasteiger partial charge in [-0.25, -0.2) is 12.8 Å². The van der Waals surface area contributed by atoms with Gasteiger partial charge in [0, 0.05) is 25.7 Å². The van der Waals surface area contributed by atoms with Gasteiger partial charge in [0.05, 0.1) is 17.2 Å². The lowest BCUT2D eigenvalue weighted by atomic mass is 10.2. The van der Waals surface area contributed by atoms with Crippen molar-refractivity contribution in [1.29, 1.82) is 0 Å². The molecule has 112 valence electrons. The number of anilines is 1. The number of nitrogens with one attached hydrogen (secondary N) is 1. The van der Waals surface area contributed by atoms with Crippen LogP contribution in [0.1, 0.15) is 13.3 Å². The van der Waals surface area contributed by atoms with Crippen LogP contribution in [0, 0.1) is 5.82 Å². The molecule has 0 bridgehead atoms. The second kappa shape index (κ2) is 6.54. The smallest absolute Gasteiger partial charge is 0.153 e. The van der Waals surface area contributed by atoms with Crippen LogP contribution in [0.3, 0.4) is 0 Å². The van der Waals surface area contributed by atoms with E-state index in [1.807, 2.05) is 17.9 Å². The molecule has 0 saturated carbocycles. The first-order valence-electron chi connectivity index (χ1n) is 6.95. The second-order valence-electron chi connectivity index (χ2n) is 5.09. The molecule has 6 heteroatoms. The average molecular weight is 300 g/mol. The van der Waals surface area contributed by atoms with E-state index in [9.17, 15) is 12.8 Å². The van der Waals surface area contributed by atoms with Gasteiger partial charge in [-0.15, -0.1) is 0 Å². The second-order valence-corrected chi connectivity index (χ2v) is 7.31. The predicted molar refractivity (Wildman–Crippen MR) is 79.3 cm³/mol. The van der Waals surface area contributed by atoms with Gasteiger partial charge >= 0.3 is 0 Å². The van der Waals surface area contributed by atoms with E-state index in [1.54, 1.807) is 12.1 Å². The molecule has 0 spiro atoms. The molecule has 1 aromatic carbocycles. The van der Waals surface area contributed by atoms with E-state index in [0.717, 1.165) is 0 Å². The molecule has 1 N–H and O–H groups in total. The Morgan fingerprint density at radius 1 is 1.40 bits per heavy atom. The van der Waals surface area contributed by atoms with Crippen molar-refractivity contribution in [2.45, 2.75) is 19.4 Å². The molecule has 1 unspecified atom stereocenters. The quantitative estimate of drug-likeness (QED) is 0.894. The summed E-state index contributed by atoms with van der Waals surface area (Å²) < 4.78 is 36.9. The fourth-order valence-corrected chi connectivity index (χ4v) is 4.01. The zero-order chi connectivity index (χ0) is 14.6. The average Bonchev–Trinajstić information content (AvgIpc) is 2.40. The van der Waals surface area contributed by atoms with E-state index in [2.05, 4.69) is 5.32 Å². The summed E-state index contributed by atoms with van der Waals surface area (Å²) in [6, 6.07) is 6.65. The zero-order valence-electron chi connectivity index (χ0n) is 11.7. The van der Waals surface area contributed by atoms with Crippen molar-refractivity contribution in [1.82, 2.24) is 5.32 Å². The molecule has 0 aromatic heterocycles. The monoisotopic (exact) mass is 300 g/mol. The Morgan fingerprint density at radius 2 is 2.15 bits per heavy atom. The van der Waals surface area contributed by atoms with Gasteiger partial charge in [-0.1, -0.05) is 12.1 Å². The third-order valence-electron chi connectivity index (χ3n) is 3.62. The maximum atomic E-state index is 13.8. The third kappa shape index (κ3) is 3.93. The zero-order valence-corrected chi connectivity index (χ0v) is 12.5. The Kier molecular flexibility index (Phi) is 4.99. The number of para-hydroxylation sites is 1. The third-order valence-corrected chi connectivity index (χ3v) is 5.36. The lowest BCUT2D eigenvalue weighted by Crippen LogP contribution is -2.46. The van der Waals surface area contributed by atoms with Crippen molar-refractivity contribution in [2.75, 3.05) is 36.0 Å². The van der Waals surface area contributed by atoms with Gasteiger partial charge in [-0.05, 0) is 25.5 Å². The van der Waals surface area contributed by atoms with Crippen LogP contribution in [0.5, 0.6) is 0 Å². The van der Waals surface area contributed by atoms with Gasteiger partial charge in [0.25, 0.3) is 0 Å². The number of benzene rings is 1. The van der Waals surface area contributed by atoms with Gasteiger partial charge in [-0.3, -0.25) is 0 Å². The summed E-state index contributed by atoms with van der Waals surface area (Å²) in [6.07, 6.45) is 0.696. The van der Waals surface area contributed by atoms with E-state index < -0.39 is 9.84 Å². The molecule has 4 nitrogen and oxygen atoms in total. The standard InChI is InChI=1S/C14H21FN2O2S/c1-2-17(14-6-4-3-5-13(14)15)9-7-12-11-20(18,19)10-8-16-12/h3-6,12,16H,2,7-11H2,1H3. The number of hydrogen-bond acceptors (Lipinski definition) is 4. The largest absolute Gasteiger partial charge is 0.369 e. The van der Waals surface area contributed by atoms with Crippen LogP contribution in [0.25, 0.3) is 0 Å². The van der Waals surface area contributed by atoms with E-state index in [-0.39, 0.29) is 23.4 Å². The molecular formula is C14H21FN2O2S. The van der Waals surface area contributed by atoms with Gasteiger partial charge in [-0.2, -0.15) is 0 Å². The normalized spacial score (nSPS) is 21.6. The fraction of sp³-hybridized carbons (Fsp3) is 0.571. The predicted octanol–water partition coefficient (Wildman–Crippen LogP) is 1.43. The van der Waals surface area contributed by atoms with Crippen LogP contribution in [0.4, 0.5) is 10.1 Å². The maximum Gasteiger partial charge on any atom is 0.153 e. The molecule has 0 radical (unpaired) electrons. The highest BCUT2D eigenvalue weighted by molar-refractivity contribution is 7.91. The molecule has 20 heavy (non-hydrogen) atoms. The van der Waals surface area contributed by atoms with Crippen molar-refractivity contribution in [3.8, 4) is 0 Å². The maximum absolute atomic E-state index is 13.8. The first-order chi connectivity index (χ1) is 9.52. The highest BCUT2D eigenvalue weighted by atomic mass is 32.2. The van der Waals surface area contributed by atoms with E-state index in [4.69, 9.17) is 0 Å². The number of hydrogen-bond donors (Lipinski definition) is 1. The van der Waals surface area contributed by atoms with Crippen LogP contribution in [-0.4, -0.2) is 45.6 Å². The number of sulfone groups is 1. The minimum atomic E-state index is -2.91.